The zero-order valence-corrected chi connectivity index (χ0v) is 12.0. The number of anilines is 1. The zero-order valence-electron chi connectivity index (χ0n) is 11.2. The van der Waals surface area contributed by atoms with E-state index in [9.17, 15) is 4.79 Å². The van der Waals surface area contributed by atoms with Crippen LogP contribution >= 0.6 is 11.3 Å². The van der Waals surface area contributed by atoms with Crippen LogP contribution in [0.4, 0.5) is 5.69 Å². The summed E-state index contributed by atoms with van der Waals surface area (Å²) in [5.74, 6) is -0.0875. The summed E-state index contributed by atoms with van der Waals surface area (Å²) in [7, 11) is 0. The molecule has 1 N–H and O–H groups in total. The topological polar surface area (TPSA) is 85.6 Å². The fourth-order valence-electron chi connectivity index (χ4n) is 1.84. The Labute approximate surface area is 124 Å². The summed E-state index contributed by atoms with van der Waals surface area (Å²) < 4.78 is 1.55. The highest BCUT2D eigenvalue weighted by atomic mass is 32.1. The molecule has 2 heterocycles. The summed E-state index contributed by atoms with van der Waals surface area (Å²) >= 11 is 1.54. The van der Waals surface area contributed by atoms with Gasteiger partial charge in [-0.15, -0.1) is 16.4 Å². The molecule has 2 aromatic heterocycles. The Morgan fingerprint density at radius 3 is 2.76 bits per heavy atom. The highest BCUT2D eigenvalue weighted by Crippen LogP contribution is 2.13. The first kappa shape index (κ1) is 13.4. The van der Waals surface area contributed by atoms with Gasteiger partial charge in [-0.05, 0) is 41.6 Å². The number of thiazole rings is 1. The number of tetrazole rings is 1. The van der Waals surface area contributed by atoms with Gasteiger partial charge in [0, 0.05) is 11.1 Å². The largest absolute Gasteiger partial charge is 0.326 e. The van der Waals surface area contributed by atoms with E-state index in [2.05, 4.69) is 25.8 Å². The third-order valence-corrected chi connectivity index (χ3v) is 3.60. The Hall–Kier alpha value is -2.61. The summed E-state index contributed by atoms with van der Waals surface area (Å²) in [6, 6.07) is 7.28. The first-order valence-corrected chi connectivity index (χ1v) is 7.13. The molecular formula is C13H12N6OS. The Kier molecular flexibility index (Phi) is 3.69. The maximum Gasteiger partial charge on any atom is 0.230 e. The van der Waals surface area contributed by atoms with Gasteiger partial charge >= 0.3 is 0 Å². The Bertz CT molecular complexity index is 734. The van der Waals surface area contributed by atoms with E-state index >= 15 is 0 Å². The molecule has 0 aliphatic carbocycles. The highest BCUT2D eigenvalue weighted by molar-refractivity contribution is 7.09. The van der Waals surface area contributed by atoms with Crippen LogP contribution in [0.25, 0.3) is 5.69 Å². The summed E-state index contributed by atoms with van der Waals surface area (Å²) in [6.45, 7) is 1.92. The molecule has 0 saturated heterocycles. The molecule has 3 rings (SSSR count). The smallest absolute Gasteiger partial charge is 0.230 e. The van der Waals surface area contributed by atoms with Gasteiger partial charge in [-0.1, -0.05) is 0 Å². The predicted octanol–water partition coefficient (Wildman–Crippen LogP) is 1.61. The van der Waals surface area contributed by atoms with Gasteiger partial charge in [-0.3, -0.25) is 4.79 Å². The van der Waals surface area contributed by atoms with Gasteiger partial charge in [0.15, 0.2) is 0 Å². The number of nitrogens with one attached hydrogen (secondary N) is 1. The first-order valence-electron chi connectivity index (χ1n) is 6.25. The van der Waals surface area contributed by atoms with Crippen LogP contribution in [0, 0.1) is 6.92 Å². The number of hydrogen-bond acceptors (Lipinski definition) is 6. The Balaban J connectivity index is 1.63. The van der Waals surface area contributed by atoms with Gasteiger partial charge < -0.3 is 5.32 Å². The van der Waals surface area contributed by atoms with E-state index in [0.29, 0.717) is 0 Å². The van der Waals surface area contributed by atoms with Crippen molar-refractivity contribution >= 4 is 22.9 Å². The van der Waals surface area contributed by atoms with Crippen molar-refractivity contribution in [3.8, 4) is 5.69 Å². The number of nitrogens with zero attached hydrogens (tertiary/aromatic N) is 5. The molecule has 0 saturated carbocycles. The molecule has 1 amide bonds. The third-order valence-electron chi connectivity index (χ3n) is 2.77. The van der Waals surface area contributed by atoms with E-state index in [0.717, 1.165) is 22.1 Å². The van der Waals surface area contributed by atoms with Crippen molar-refractivity contribution in [2.75, 3.05) is 5.32 Å². The minimum Gasteiger partial charge on any atom is -0.326 e. The number of carbonyl (C=O) groups excluding carboxylic acids is 1. The van der Waals surface area contributed by atoms with Crippen molar-refractivity contribution in [2.45, 2.75) is 13.3 Å². The SMILES string of the molecule is Cc1nc(CC(=O)Nc2ccc(-n3cnnn3)cc2)cs1. The summed E-state index contributed by atoms with van der Waals surface area (Å²) in [4.78, 5) is 16.2. The Morgan fingerprint density at radius 1 is 1.33 bits per heavy atom. The van der Waals surface area contributed by atoms with Gasteiger partial charge in [0.25, 0.3) is 0 Å². The number of hydrogen-bond donors (Lipinski definition) is 1. The van der Waals surface area contributed by atoms with E-state index in [-0.39, 0.29) is 12.3 Å². The van der Waals surface area contributed by atoms with Crippen molar-refractivity contribution in [1.29, 1.82) is 0 Å². The van der Waals surface area contributed by atoms with E-state index in [1.165, 1.54) is 6.33 Å². The van der Waals surface area contributed by atoms with Crippen molar-refractivity contribution in [1.82, 2.24) is 25.2 Å². The van der Waals surface area contributed by atoms with E-state index < -0.39 is 0 Å². The molecule has 0 fully saturated rings. The van der Waals surface area contributed by atoms with Crippen molar-refractivity contribution < 1.29 is 4.79 Å². The summed E-state index contributed by atoms with van der Waals surface area (Å²) in [6.07, 6.45) is 1.79. The number of benzene rings is 1. The average Bonchev–Trinajstić information content (AvgIpc) is 3.11. The first-order chi connectivity index (χ1) is 10.2. The molecule has 8 heteroatoms. The molecule has 0 spiro atoms. The van der Waals surface area contributed by atoms with Crippen LogP contribution in [0.3, 0.4) is 0 Å². The molecule has 0 aliphatic rings. The van der Waals surface area contributed by atoms with Crippen molar-refractivity contribution in [3.63, 3.8) is 0 Å². The fourth-order valence-corrected chi connectivity index (χ4v) is 2.45. The van der Waals surface area contributed by atoms with Crippen LogP contribution < -0.4 is 5.32 Å². The quantitative estimate of drug-likeness (QED) is 0.791. The van der Waals surface area contributed by atoms with Crippen molar-refractivity contribution in [3.05, 3.63) is 46.7 Å². The maximum atomic E-state index is 11.9. The summed E-state index contributed by atoms with van der Waals surface area (Å²) in [5.41, 5.74) is 2.34. The number of rotatable bonds is 4. The van der Waals surface area contributed by atoms with Crippen LogP contribution in [0.1, 0.15) is 10.7 Å². The highest BCUT2D eigenvalue weighted by Gasteiger charge is 2.07. The van der Waals surface area contributed by atoms with E-state index in [1.807, 2.05) is 24.4 Å². The third kappa shape index (κ3) is 3.29. The average molecular weight is 300 g/mol. The van der Waals surface area contributed by atoms with Gasteiger partial charge in [-0.2, -0.15) is 0 Å². The molecule has 0 bridgehead atoms. The lowest BCUT2D eigenvalue weighted by Crippen LogP contribution is -2.14. The van der Waals surface area contributed by atoms with Gasteiger partial charge in [0.05, 0.1) is 22.8 Å². The van der Waals surface area contributed by atoms with E-state index in [4.69, 9.17) is 0 Å². The van der Waals surface area contributed by atoms with Crippen LogP contribution in [-0.2, 0) is 11.2 Å². The molecule has 7 nitrogen and oxygen atoms in total. The standard InChI is InChI=1S/C13H12N6OS/c1-9-15-11(7-21-9)6-13(20)16-10-2-4-12(5-3-10)19-8-14-17-18-19/h2-5,7-8H,6H2,1H3,(H,16,20). The normalized spacial score (nSPS) is 10.5. The molecule has 0 atom stereocenters. The Morgan fingerprint density at radius 2 is 2.14 bits per heavy atom. The predicted molar refractivity (Wildman–Crippen MR) is 78.3 cm³/mol. The minimum absolute atomic E-state index is 0.0875. The van der Waals surface area contributed by atoms with Crippen LogP contribution in [0.2, 0.25) is 0 Å². The molecular weight excluding hydrogens is 288 g/mol. The molecule has 1 aromatic carbocycles. The molecule has 21 heavy (non-hydrogen) atoms. The van der Waals surface area contributed by atoms with Crippen LogP contribution in [0.15, 0.2) is 36.0 Å². The number of carbonyl (C=O) groups is 1. The lowest BCUT2D eigenvalue weighted by atomic mass is 10.2. The second-order valence-electron chi connectivity index (χ2n) is 4.38. The molecule has 3 aromatic rings. The minimum atomic E-state index is -0.0875. The monoisotopic (exact) mass is 300 g/mol. The molecule has 0 unspecified atom stereocenters. The van der Waals surface area contributed by atoms with Gasteiger partial charge in [0.2, 0.25) is 5.91 Å². The lowest BCUT2D eigenvalue weighted by Gasteiger charge is -2.05. The molecule has 0 aliphatic heterocycles. The number of aromatic nitrogens is 5. The number of aryl methyl sites for hydroxylation is 1. The van der Waals surface area contributed by atoms with E-state index in [1.54, 1.807) is 28.2 Å². The fraction of sp³-hybridized carbons (Fsp3) is 0.154. The van der Waals surface area contributed by atoms with Gasteiger partial charge in [0.1, 0.15) is 6.33 Å². The molecule has 106 valence electrons. The van der Waals surface area contributed by atoms with Crippen LogP contribution in [0.5, 0.6) is 0 Å². The number of amides is 1. The lowest BCUT2D eigenvalue weighted by molar-refractivity contribution is -0.115. The second kappa shape index (κ2) is 5.80. The van der Waals surface area contributed by atoms with Gasteiger partial charge in [-0.25, -0.2) is 9.67 Å². The molecule has 0 radical (unpaired) electrons. The maximum absolute atomic E-state index is 11.9. The second-order valence-corrected chi connectivity index (χ2v) is 5.45. The van der Waals surface area contributed by atoms with Crippen LogP contribution in [-0.4, -0.2) is 31.1 Å². The van der Waals surface area contributed by atoms with Crippen molar-refractivity contribution in [2.24, 2.45) is 0 Å². The zero-order chi connectivity index (χ0) is 14.7. The summed E-state index contributed by atoms with van der Waals surface area (Å²) in [5, 5.41) is 16.6.